The van der Waals surface area contributed by atoms with Gasteiger partial charge in [0.2, 0.25) is 5.78 Å². The molecule has 0 amide bonds. The van der Waals surface area contributed by atoms with Crippen molar-refractivity contribution in [2.75, 3.05) is 0 Å². The number of fused-ring (bicyclic) bond motifs is 2. The van der Waals surface area contributed by atoms with E-state index in [9.17, 15) is 4.79 Å². The Morgan fingerprint density at radius 1 is 1.19 bits per heavy atom. The molecule has 1 aliphatic carbocycles. The van der Waals surface area contributed by atoms with Gasteiger partial charge in [-0.25, -0.2) is 0 Å². The fourth-order valence-corrected chi connectivity index (χ4v) is 4.37. The lowest BCUT2D eigenvalue weighted by Gasteiger charge is -2.08. The molecule has 106 valence electrons. The van der Waals surface area contributed by atoms with Gasteiger partial charge >= 0.3 is 0 Å². The maximum Gasteiger partial charge on any atom is 0.205 e. The third-order valence-electron chi connectivity index (χ3n) is 4.30. The molecule has 0 fully saturated rings. The molecule has 21 heavy (non-hydrogen) atoms. The summed E-state index contributed by atoms with van der Waals surface area (Å²) in [5, 5.41) is 1.03. The van der Waals surface area contributed by atoms with E-state index in [1.807, 2.05) is 12.3 Å². The first-order valence-electron chi connectivity index (χ1n) is 7.46. The highest BCUT2D eigenvalue weighted by Gasteiger charge is 2.20. The van der Waals surface area contributed by atoms with E-state index in [0.29, 0.717) is 0 Å². The Kier molecular flexibility index (Phi) is 2.96. The van der Waals surface area contributed by atoms with Crippen LogP contribution in [0.4, 0.5) is 0 Å². The standard InChI is InChI=1S/C18H17NOS/c1-11-6-7-15-13(8-11)14(10-19-15)18(20)17-9-12-4-2-3-5-16(12)21-17/h6-10,19H,2-5H2,1H3. The number of aromatic amines is 1. The minimum absolute atomic E-state index is 0.159. The number of carbonyl (C=O) groups is 1. The summed E-state index contributed by atoms with van der Waals surface area (Å²) in [5.41, 5.74) is 4.41. The molecule has 0 atom stereocenters. The smallest absolute Gasteiger partial charge is 0.205 e. The van der Waals surface area contributed by atoms with Crippen molar-refractivity contribution in [3.05, 3.63) is 56.9 Å². The number of H-pyrrole nitrogens is 1. The van der Waals surface area contributed by atoms with Crippen molar-refractivity contribution in [2.24, 2.45) is 0 Å². The van der Waals surface area contributed by atoms with Crippen molar-refractivity contribution in [1.29, 1.82) is 0 Å². The first-order chi connectivity index (χ1) is 10.2. The van der Waals surface area contributed by atoms with Crippen LogP contribution in [0.5, 0.6) is 0 Å². The molecule has 0 radical (unpaired) electrons. The van der Waals surface area contributed by atoms with Crippen molar-refractivity contribution < 1.29 is 4.79 Å². The van der Waals surface area contributed by atoms with Gasteiger partial charge in [-0.3, -0.25) is 4.79 Å². The van der Waals surface area contributed by atoms with Gasteiger partial charge in [-0.2, -0.15) is 0 Å². The molecule has 0 saturated carbocycles. The number of nitrogens with one attached hydrogen (secondary N) is 1. The molecule has 4 rings (SSSR count). The summed E-state index contributed by atoms with van der Waals surface area (Å²) in [6.45, 7) is 2.06. The summed E-state index contributed by atoms with van der Waals surface area (Å²) in [7, 11) is 0. The molecule has 0 aliphatic heterocycles. The van der Waals surface area contributed by atoms with Crippen LogP contribution in [-0.4, -0.2) is 10.8 Å². The van der Waals surface area contributed by atoms with Crippen LogP contribution in [0, 0.1) is 6.92 Å². The normalized spacial score (nSPS) is 14.3. The van der Waals surface area contributed by atoms with Crippen LogP contribution < -0.4 is 0 Å². The predicted molar refractivity (Wildman–Crippen MR) is 87.4 cm³/mol. The Balaban J connectivity index is 1.79. The average Bonchev–Trinajstić information content (AvgIpc) is 3.09. The van der Waals surface area contributed by atoms with Gasteiger partial charge in [0.05, 0.1) is 4.88 Å². The Hall–Kier alpha value is -1.87. The van der Waals surface area contributed by atoms with E-state index in [0.717, 1.165) is 34.2 Å². The van der Waals surface area contributed by atoms with Crippen LogP contribution in [0.1, 0.15) is 44.1 Å². The number of hydrogen-bond donors (Lipinski definition) is 1. The second kappa shape index (κ2) is 4.85. The molecule has 0 saturated heterocycles. The number of benzene rings is 1. The van der Waals surface area contributed by atoms with Gasteiger partial charge in [-0.05, 0) is 56.4 Å². The molecule has 3 heteroatoms. The second-order valence-corrected chi connectivity index (χ2v) is 6.98. The number of rotatable bonds is 2. The van der Waals surface area contributed by atoms with Gasteiger partial charge in [-0.15, -0.1) is 11.3 Å². The zero-order chi connectivity index (χ0) is 14.4. The lowest BCUT2D eigenvalue weighted by atomic mass is 9.98. The highest BCUT2D eigenvalue weighted by Crippen LogP contribution is 2.32. The molecule has 1 N–H and O–H groups in total. The molecule has 2 nitrogen and oxygen atoms in total. The Bertz CT molecular complexity index is 817. The fraction of sp³-hybridized carbons (Fsp3) is 0.278. The molecular formula is C18H17NOS. The summed E-state index contributed by atoms with van der Waals surface area (Å²) >= 11 is 1.69. The topological polar surface area (TPSA) is 32.9 Å². The predicted octanol–water partition coefficient (Wildman–Crippen LogP) is 4.65. The molecule has 0 unspecified atom stereocenters. The molecule has 0 bridgehead atoms. The zero-order valence-electron chi connectivity index (χ0n) is 12.0. The lowest BCUT2D eigenvalue weighted by Crippen LogP contribution is -1.97. The van der Waals surface area contributed by atoms with Gasteiger partial charge < -0.3 is 4.98 Å². The van der Waals surface area contributed by atoms with Crippen molar-refractivity contribution in [2.45, 2.75) is 32.6 Å². The van der Waals surface area contributed by atoms with Gasteiger partial charge in [0.1, 0.15) is 0 Å². The van der Waals surface area contributed by atoms with Crippen molar-refractivity contribution in [3.63, 3.8) is 0 Å². The molecular weight excluding hydrogens is 278 g/mol. The van der Waals surface area contributed by atoms with Crippen molar-refractivity contribution in [3.8, 4) is 0 Å². The molecule has 0 spiro atoms. The summed E-state index contributed by atoms with van der Waals surface area (Å²) in [5.74, 6) is 0.159. The van der Waals surface area contributed by atoms with Crippen LogP contribution in [-0.2, 0) is 12.8 Å². The fourth-order valence-electron chi connectivity index (χ4n) is 3.16. The first-order valence-corrected chi connectivity index (χ1v) is 8.28. The van der Waals surface area contributed by atoms with E-state index in [2.05, 4.69) is 30.1 Å². The van der Waals surface area contributed by atoms with Gasteiger partial charge in [0.15, 0.2) is 0 Å². The number of carbonyl (C=O) groups excluding carboxylic acids is 1. The van der Waals surface area contributed by atoms with E-state index in [1.165, 1.54) is 28.8 Å². The van der Waals surface area contributed by atoms with E-state index in [-0.39, 0.29) is 5.78 Å². The third-order valence-corrected chi connectivity index (χ3v) is 5.54. The Labute approximate surface area is 127 Å². The quantitative estimate of drug-likeness (QED) is 0.686. The molecule has 1 aromatic carbocycles. The monoisotopic (exact) mass is 295 g/mol. The minimum atomic E-state index is 0.159. The van der Waals surface area contributed by atoms with Gasteiger partial charge in [-0.1, -0.05) is 11.6 Å². The van der Waals surface area contributed by atoms with Crippen molar-refractivity contribution >= 4 is 28.0 Å². The molecule has 2 aromatic heterocycles. The van der Waals surface area contributed by atoms with Gasteiger partial charge in [0, 0.05) is 27.5 Å². The number of thiophene rings is 1. The van der Waals surface area contributed by atoms with E-state index < -0.39 is 0 Å². The first kappa shape index (κ1) is 12.8. The summed E-state index contributed by atoms with van der Waals surface area (Å²) in [6.07, 6.45) is 6.63. The maximum absolute atomic E-state index is 12.8. The lowest BCUT2D eigenvalue weighted by molar-refractivity contribution is 0.104. The summed E-state index contributed by atoms with van der Waals surface area (Å²) < 4.78 is 0. The summed E-state index contributed by atoms with van der Waals surface area (Å²) in [4.78, 5) is 18.4. The van der Waals surface area contributed by atoms with E-state index in [1.54, 1.807) is 11.3 Å². The number of aromatic nitrogens is 1. The van der Waals surface area contributed by atoms with Crippen LogP contribution in [0.15, 0.2) is 30.5 Å². The number of aryl methyl sites for hydroxylation is 3. The maximum atomic E-state index is 12.8. The molecule has 3 aromatic rings. The Morgan fingerprint density at radius 3 is 2.90 bits per heavy atom. The van der Waals surface area contributed by atoms with E-state index >= 15 is 0 Å². The van der Waals surface area contributed by atoms with Crippen LogP contribution >= 0.6 is 11.3 Å². The molecule has 2 heterocycles. The van der Waals surface area contributed by atoms with Crippen molar-refractivity contribution in [1.82, 2.24) is 4.98 Å². The highest BCUT2D eigenvalue weighted by atomic mass is 32.1. The molecule has 1 aliphatic rings. The largest absolute Gasteiger partial charge is 0.360 e. The zero-order valence-corrected chi connectivity index (χ0v) is 12.8. The second-order valence-electron chi connectivity index (χ2n) is 5.85. The number of ketones is 1. The Morgan fingerprint density at radius 2 is 2.05 bits per heavy atom. The SMILES string of the molecule is Cc1ccc2[nH]cc(C(=O)c3cc4c(s3)CCCC4)c2c1. The third kappa shape index (κ3) is 2.12. The average molecular weight is 295 g/mol. The number of hydrogen-bond acceptors (Lipinski definition) is 2. The van der Waals surface area contributed by atoms with Crippen LogP contribution in [0.3, 0.4) is 0 Å². The van der Waals surface area contributed by atoms with E-state index in [4.69, 9.17) is 0 Å². The van der Waals surface area contributed by atoms with Gasteiger partial charge in [0.25, 0.3) is 0 Å². The minimum Gasteiger partial charge on any atom is -0.360 e. The van der Waals surface area contributed by atoms with Crippen LogP contribution in [0.2, 0.25) is 0 Å². The van der Waals surface area contributed by atoms with Crippen LogP contribution in [0.25, 0.3) is 10.9 Å². The highest BCUT2D eigenvalue weighted by molar-refractivity contribution is 7.14. The summed E-state index contributed by atoms with van der Waals surface area (Å²) in [6, 6.07) is 8.32.